The second-order valence-electron chi connectivity index (χ2n) is 6.05. The number of thioether (sulfide) groups is 1. The van der Waals surface area contributed by atoms with Gasteiger partial charge < -0.3 is 9.47 Å². The highest BCUT2D eigenvalue weighted by Crippen LogP contribution is 2.29. The van der Waals surface area contributed by atoms with Crippen molar-refractivity contribution < 1.29 is 14.3 Å². The van der Waals surface area contributed by atoms with Gasteiger partial charge in [0, 0.05) is 10.8 Å². The first kappa shape index (κ1) is 19.9. The Morgan fingerprint density at radius 2 is 1.97 bits per heavy atom. The summed E-state index contributed by atoms with van der Waals surface area (Å²) in [5, 5.41) is 11.4. The van der Waals surface area contributed by atoms with Crippen molar-refractivity contribution in [3.8, 4) is 11.5 Å². The lowest BCUT2D eigenvalue weighted by molar-refractivity contribution is 0.0953. The molecular formula is C19H16Cl2N4O3S. The predicted molar refractivity (Wildman–Crippen MR) is 112 cm³/mol. The fourth-order valence-electron chi connectivity index (χ4n) is 2.92. The van der Waals surface area contributed by atoms with Crippen molar-refractivity contribution in [1.29, 1.82) is 0 Å². The Morgan fingerprint density at radius 1 is 1.17 bits per heavy atom. The largest absolute Gasteiger partial charge is 0.493 e. The zero-order valence-corrected chi connectivity index (χ0v) is 17.7. The van der Waals surface area contributed by atoms with Gasteiger partial charge in [-0.05, 0) is 30.3 Å². The monoisotopic (exact) mass is 450 g/mol. The standard InChI is InChI=1S/C19H16Cl2N4O3S/c1-27-15-4-2-3-5-16(15)28-11-17-22-23-19-25(17)24(8-9-29-19)18(26)13-7-6-12(20)10-14(13)21/h2-7,10H,8-9,11H2,1H3. The molecule has 1 amide bonds. The summed E-state index contributed by atoms with van der Waals surface area (Å²) >= 11 is 13.7. The average molecular weight is 451 g/mol. The van der Waals surface area contributed by atoms with Crippen molar-refractivity contribution in [3.05, 3.63) is 63.9 Å². The molecule has 29 heavy (non-hydrogen) atoms. The van der Waals surface area contributed by atoms with Gasteiger partial charge in [0.05, 0.1) is 24.2 Å². The predicted octanol–water partition coefficient (Wildman–Crippen LogP) is 4.06. The lowest BCUT2D eigenvalue weighted by Crippen LogP contribution is -2.45. The van der Waals surface area contributed by atoms with Crippen LogP contribution in [0.25, 0.3) is 0 Å². The second kappa shape index (κ2) is 8.52. The van der Waals surface area contributed by atoms with Gasteiger partial charge >= 0.3 is 0 Å². The lowest BCUT2D eigenvalue weighted by Gasteiger charge is -2.29. The van der Waals surface area contributed by atoms with Crippen molar-refractivity contribution in [1.82, 2.24) is 14.9 Å². The maximum atomic E-state index is 13.2. The van der Waals surface area contributed by atoms with Crippen LogP contribution in [0.2, 0.25) is 10.0 Å². The van der Waals surface area contributed by atoms with E-state index in [-0.39, 0.29) is 12.5 Å². The summed E-state index contributed by atoms with van der Waals surface area (Å²) < 4.78 is 12.9. The summed E-state index contributed by atoms with van der Waals surface area (Å²) in [7, 11) is 1.58. The number of methoxy groups -OCH3 is 1. The van der Waals surface area contributed by atoms with E-state index in [1.807, 2.05) is 18.2 Å². The van der Waals surface area contributed by atoms with Crippen LogP contribution in [-0.4, -0.2) is 40.2 Å². The number of ether oxygens (including phenoxy) is 2. The molecule has 0 atom stereocenters. The fourth-order valence-corrected chi connectivity index (χ4v) is 4.28. The fraction of sp³-hybridized carbons (Fsp3) is 0.211. The third-order valence-corrected chi connectivity index (χ3v) is 5.72. The smallest absolute Gasteiger partial charge is 0.274 e. The summed E-state index contributed by atoms with van der Waals surface area (Å²) in [6.07, 6.45) is 0. The van der Waals surface area contributed by atoms with Crippen LogP contribution in [0.5, 0.6) is 11.5 Å². The molecule has 1 aromatic heterocycles. The number of rotatable bonds is 5. The van der Waals surface area contributed by atoms with E-state index in [1.54, 1.807) is 41.1 Å². The van der Waals surface area contributed by atoms with Crippen LogP contribution in [0, 0.1) is 0 Å². The van der Waals surface area contributed by atoms with E-state index < -0.39 is 0 Å². The van der Waals surface area contributed by atoms with Gasteiger partial charge in [-0.25, -0.2) is 9.69 Å². The van der Waals surface area contributed by atoms with Crippen LogP contribution in [-0.2, 0) is 6.61 Å². The van der Waals surface area contributed by atoms with Crippen LogP contribution in [0.3, 0.4) is 0 Å². The number of carbonyl (C=O) groups is 1. The number of hydrogen-bond acceptors (Lipinski definition) is 6. The second-order valence-corrected chi connectivity index (χ2v) is 7.96. The van der Waals surface area contributed by atoms with Gasteiger partial charge in [-0.15, -0.1) is 10.2 Å². The van der Waals surface area contributed by atoms with E-state index >= 15 is 0 Å². The van der Waals surface area contributed by atoms with Crippen molar-refractivity contribution in [2.45, 2.75) is 11.8 Å². The first-order valence-corrected chi connectivity index (χ1v) is 10.4. The van der Waals surface area contributed by atoms with Gasteiger partial charge in [-0.1, -0.05) is 47.1 Å². The van der Waals surface area contributed by atoms with Crippen LogP contribution in [0.4, 0.5) is 0 Å². The number of nitrogens with zero attached hydrogens (tertiary/aromatic N) is 4. The first-order chi connectivity index (χ1) is 14.1. The zero-order valence-electron chi connectivity index (χ0n) is 15.3. The van der Waals surface area contributed by atoms with Gasteiger partial charge in [-0.2, -0.15) is 0 Å². The number of carbonyl (C=O) groups excluding carboxylic acids is 1. The highest BCUT2D eigenvalue weighted by Gasteiger charge is 2.29. The lowest BCUT2D eigenvalue weighted by atomic mass is 10.2. The molecule has 0 radical (unpaired) electrons. The van der Waals surface area contributed by atoms with Crippen LogP contribution < -0.4 is 14.5 Å². The molecule has 0 saturated heterocycles. The van der Waals surface area contributed by atoms with Gasteiger partial charge in [0.1, 0.15) is 6.61 Å². The number of amides is 1. The third kappa shape index (κ3) is 4.01. The Bertz CT molecular complexity index is 1060. The summed E-state index contributed by atoms with van der Waals surface area (Å²) in [5.41, 5.74) is 0.360. The summed E-state index contributed by atoms with van der Waals surface area (Å²) in [5.74, 6) is 2.13. The molecule has 0 fully saturated rings. The Kier molecular flexibility index (Phi) is 5.84. The number of para-hydroxylation sites is 2. The minimum Gasteiger partial charge on any atom is -0.493 e. The first-order valence-electron chi connectivity index (χ1n) is 8.68. The molecule has 0 saturated carbocycles. The Hall–Kier alpha value is -2.42. The third-order valence-electron chi connectivity index (χ3n) is 4.27. The molecule has 0 N–H and O–H groups in total. The van der Waals surface area contributed by atoms with E-state index in [4.69, 9.17) is 32.7 Å². The molecule has 4 rings (SSSR count). The Labute approximate surface area is 181 Å². The SMILES string of the molecule is COc1ccccc1OCc1nnc2n1N(C(=O)c1ccc(Cl)cc1Cl)CCS2. The van der Waals surface area contributed by atoms with E-state index in [1.165, 1.54) is 11.8 Å². The van der Waals surface area contributed by atoms with Gasteiger partial charge in [0.15, 0.2) is 17.3 Å². The Balaban J connectivity index is 1.62. The highest BCUT2D eigenvalue weighted by atomic mass is 35.5. The van der Waals surface area contributed by atoms with Gasteiger partial charge in [0.25, 0.3) is 5.91 Å². The molecule has 0 spiro atoms. The van der Waals surface area contributed by atoms with E-state index in [2.05, 4.69) is 10.2 Å². The van der Waals surface area contributed by atoms with Crippen LogP contribution in [0.1, 0.15) is 16.2 Å². The highest BCUT2D eigenvalue weighted by molar-refractivity contribution is 7.99. The quantitative estimate of drug-likeness (QED) is 0.583. The minimum absolute atomic E-state index is 0.117. The molecule has 1 aliphatic heterocycles. The van der Waals surface area contributed by atoms with Crippen molar-refractivity contribution in [2.24, 2.45) is 0 Å². The van der Waals surface area contributed by atoms with E-state index in [0.29, 0.717) is 50.4 Å². The zero-order chi connectivity index (χ0) is 20.4. The normalized spacial score (nSPS) is 13.1. The summed E-state index contributed by atoms with van der Waals surface area (Å²) in [6.45, 7) is 0.598. The topological polar surface area (TPSA) is 69.5 Å². The molecule has 2 aromatic carbocycles. The van der Waals surface area contributed by atoms with Gasteiger partial charge in [0.2, 0.25) is 5.16 Å². The average Bonchev–Trinajstić information content (AvgIpc) is 3.15. The van der Waals surface area contributed by atoms with Crippen LogP contribution >= 0.6 is 35.0 Å². The maximum absolute atomic E-state index is 13.2. The molecule has 1 aliphatic rings. The molecular weight excluding hydrogens is 435 g/mol. The van der Waals surface area contributed by atoms with E-state index in [9.17, 15) is 4.79 Å². The molecule has 10 heteroatoms. The molecule has 3 aromatic rings. The minimum atomic E-state index is -0.258. The van der Waals surface area contributed by atoms with Gasteiger partial charge in [-0.3, -0.25) is 4.79 Å². The van der Waals surface area contributed by atoms with Crippen LogP contribution in [0.15, 0.2) is 47.6 Å². The molecule has 150 valence electrons. The number of benzene rings is 2. The van der Waals surface area contributed by atoms with Crippen molar-refractivity contribution in [2.75, 3.05) is 24.4 Å². The van der Waals surface area contributed by atoms with Crippen molar-refractivity contribution in [3.63, 3.8) is 0 Å². The Morgan fingerprint density at radius 3 is 2.72 bits per heavy atom. The molecule has 7 nitrogen and oxygen atoms in total. The summed E-state index contributed by atoms with van der Waals surface area (Å²) in [6, 6.07) is 12.1. The number of aromatic nitrogens is 3. The molecule has 0 aliphatic carbocycles. The number of halogens is 2. The number of hydrogen-bond donors (Lipinski definition) is 0. The number of fused-ring (bicyclic) bond motifs is 1. The molecule has 0 unspecified atom stereocenters. The molecule has 2 heterocycles. The van der Waals surface area contributed by atoms with Crippen molar-refractivity contribution >= 4 is 40.9 Å². The molecule has 0 bridgehead atoms. The maximum Gasteiger partial charge on any atom is 0.274 e. The summed E-state index contributed by atoms with van der Waals surface area (Å²) in [4.78, 5) is 13.2. The van der Waals surface area contributed by atoms with E-state index in [0.717, 1.165) is 0 Å².